The molecule has 0 radical (unpaired) electrons. The molecule has 0 fully saturated rings. The number of nitrogen functional groups attached to an aromatic ring is 1. The van der Waals surface area contributed by atoms with Crippen LogP contribution >= 0.6 is 0 Å². The Bertz CT molecular complexity index is 851. The monoisotopic (exact) mass is 365 g/mol. The summed E-state index contributed by atoms with van der Waals surface area (Å²) in [5, 5.41) is 14.2. The summed E-state index contributed by atoms with van der Waals surface area (Å²) >= 11 is 0. The van der Waals surface area contributed by atoms with Gasteiger partial charge in [-0.2, -0.15) is 8.42 Å². The Morgan fingerprint density at radius 2 is 1.88 bits per heavy atom. The number of unbranched alkanes of at least 4 members (excludes halogenated alkanes) is 1. The van der Waals surface area contributed by atoms with E-state index in [1.807, 2.05) is 6.92 Å². The molecule has 134 valence electrons. The predicted molar refractivity (Wildman–Crippen MR) is 95.3 cm³/mol. The molecule has 0 atom stereocenters. The lowest BCUT2D eigenvalue weighted by atomic mass is 10.2. The van der Waals surface area contributed by atoms with Gasteiger partial charge in [-0.3, -0.25) is 14.3 Å². The van der Waals surface area contributed by atoms with Crippen molar-refractivity contribution >= 4 is 32.9 Å². The average Bonchev–Trinajstić information content (AvgIpc) is 2.57. The molecule has 0 unspecified atom stereocenters. The van der Waals surface area contributed by atoms with Gasteiger partial charge in [0.15, 0.2) is 0 Å². The highest BCUT2D eigenvalue weighted by molar-refractivity contribution is 7.86. The zero-order chi connectivity index (χ0) is 18.4. The molecule has 0 heterocycles. The van der Waals surface area contributed by atoms with Gasteiger partial charge in [0.25, 0.3) is 15.8 Å². The summed E-state index contributed by atoms with van der Waals surface area (Å²) in [6.07, 6.45) is 1.36. The molecule has 8 nitrogen and oxygen atoms in total. The van der Waals surface area contributed by atoms with Gasteiger partial charge >= 0.3 is 0 Å². The first kappa shape index (κ1) is 18.7. The van der Waals surface area contributed by atoms with E-state index in [4.69, 9.17) is 9.92 Å². The van der Waals surface area contributed by atoms with Crippen LogP contribution < -0.4 is 11.1 Å². The Morgan fingerprint density at radius 3 is 2.48 bits per heavy atom. The van der Waals surface area contributed by atoms with Crippen molar-refractivity contribution in [1.29, 1.82) is 0 Å². The molecule has 2 rings (SSSR count). The third-order valence-corrected chi connectivity index (χ3v) is 4.69. The van der Waals surface area contributed by atoms with Crippen LogP contribution in [0.1, 0.15) is 19.8 Å². The molecule has 0 aliphatic carbocycles. The third kappa shape index (κ3) is 4.91. The Hall–Kier alpha value is -2.65. The first-order valence-corrected chi connectivity index (χ1v) is 9.04. The molecule has 0 saturated carbocycles. The molecule has 0 spiro atoms. The summed E-state index contributed by atoms with van der Waals surface area (Å²) in [5.41, 5.74) is 6.55. The number of nitro groups is 1. The zero-order valence-corrected chi connectivity index (χ0v) is 14.5. The Labute approximate surface area is 145 Å². The summed E-state index contributed by atoms with van der Waals surface area (Å²) in [7, 11) is -4.03. The van der Waals surface area contributed by atoms with E-state index in [9.17, 15) is 18.5 Å². The van der Waals surface area contributed by atoms with Gasteiger partial charge < -0.3 is 11.1 Å². The van der Waals surface area contributed by atoms with Gasteiger partial charge in [0.1, 0.15) is 10.6 Å². The van der Waals surface area contributed by atoms with E-state index in [1.54, 1.807) is 24.3 Å². The molecule has 0 aliphatic heterocycles. The molecule has 2 aromatic rings. The van der Waals surface area contributed by atoms with Crippen LogP contribution in [-0.2, 0) is 14.3 Å². The van der Waals surface area contributed by atoms with Crippen molar-refractivity contribution in [3.05, 3.63) is 52.6 Å². The maximum absolute atomic E-state index is 12.1. The molecule has 9 heteroatoms. The van der Waals surface area contributed by atoms with E-state index in [2.05, 4.69) is 5.32 Å². The summed E-state index contributed by atoms with van der Waals surface area (Å²) in [6, 6.07) is 10.2. The normalized spacial score (nSPS) is 11.2. The van der Waals surface area contributed by atoms with Gasteiger partial charge in [-0.1, -0.05) is 13.3 Å². The summed E-state index contributed by atoms with van der Waals surface area (Å²) in [6.45, 7) is 1.94. The molecule has 0 aromatic heterocycles. The number of hydrogen-bond acceptors (Lipinski definition) is 7. The number of nitrogens with zero attached hydrogens (tertiary/aromatic N) is 1. The first-order valence-electron chi connectivity index (χ1n) is 7.64. The Morgan fingerprint density at radius 1 is 1.20 bits per heavy atom. The number of anilines is 3. The van der Waals surface area contributed by atoms with E-state index in [-0.39, 0.29) is 22.9 Å². The summed E-state index contributed by atoms with van der Waals surface area (Å²) < 4.78 is 29.1. The Kier molecular flexibility index (Phi) is 5.94. The van der Waals surface area contributed by atoms with Crippen LogP contribution in [0.15, 0.2) is 47.4 Å². The standard InChI is InChI=1S/C16H19N3O5S/c1-2-3-10-24-25(22,23)14-8-9-15(16(11-14)19(20)21)18-13-6-4-12(17)5-7-13/h4-9,11,18H,2-3,10,17H2,1H3. The van der Waals surface area contributed by atoms with Gasteiger partial charge in [-0.15, -0.1) is 0 Å². The molecule has 0 aliphatic rings. The lowest BCUT2D eigenvalue weighted by molar-refractivity contribution is -0.384. The average molecular weight is 365 g/mol. The SMILES string of the molecule is CCCCOS(=O)(=O)c1ccc(Nc2ccc(N)cc2)c([N+](=O)[O-])c1. The van der Waals surface area contributed by atoms with Crippen molar-refractivity contribution in [1.82, 2.24) is 0 Å². The number of benzene rings is 2. The van der Waals surface area contributed by atoms with Crippen LogP contribution in [0.2, 0.25) is 0 Å². The minimum atomic E-state index is -4.03. The van der Waals surface area contributed by atoms with Crippen LogP contribution in [0.3, 0.4) is 0 Å². The number of nitro benzene ring substituents is 1. The van der Waals surface area contributed by atoms with Crippen molar-refractivity contribution in [2.45, 2.75) is 24.7 Å². The predicted octanol–water partition coefficient (Wildman–Crippen LogP) is 3.43. The van der Waals surface area contributed by atoms with E-state index in [0.29, 0.717) is 17.8 Å². The molecule has 0 bridgehead atoms. The second kappa shape index (κ2) is 7.95. The van der Waals surface area contributed by atoms with Crippen LogP contribution in [0.25, 0.3) is 0 Å². The molecule has 0 saturated heterocycles. The second-order valence-electron chi connectivity index (χ2n) is 5.31. The smallest absolute Gasteiger partial charge is 0.297 e. The van der Waals surface area contributed by atoms with Gasteiger partial charge in [0, 0.05) is 17.4 Å². The fourth-order valence-corrected chi connectivity index (χ4v) is 2.99. The van der Waals surface area contributed by atoms with Crippen molar-refractivity contribution in [3.63, 3.8) is 0 Å². The van der Waals surface area contributed by atoms with Gasteiger partial charge in [-0.25, -0.2) is 0 Å². The molecule has 25 heavy (non-hydrogen) atoms. The minimum Gasteiger partial charge on any atom is -0.399 e. The lowest BCUT2D eigenvalue weighted by Crippen LogP contribution is -2.08. The highest BCUT2D eigenvalue weighted by atomic mass is 32.2. The minimum absolute atomic E-state index is 0.0398. The maximum Gasteiger partial charge on any atom is 0.297 e. The van der Waals surface area contributed by atoms with Crippen molar-refractivity contribution in [3.8, 4) is 0 Å². The summed E-state index contributed by atoms with van der Waals surface area (Å²) in [5.74, 6) is 0. The number of nitrogens with one attached hydrogen (secondary N) is 1. The molecule has 2 aromatic carbocycles. The van der Waals surface area contributed by atoms with Crippen LogP contribution in [0.5, 0.6) is 0 Å². The first-order chi connectivity index (χ1) is 11.8. The topological polar surface area (TPSA) is 125 Å². The van der Waals surface area contributed by atoms with E-state index in [1.165, 1.54) is 12.1 Å². The van der Waals surface area contributed by atoms with E-state index >= 15 is 0 Å². The van der Waals surface area contributed by atoms with E-state index in [0.717, 1.165) is 12.5 Å². The number of rotatable bonds is 8. The molecule has 0 amide bonds. The highest BCUT2D eigenvalue weighted by Gasteiger charge is 2.22. The second-order valence-corrected chi connectivity index (χ2v) is 6.93. The van der Waals surface area contributed by atoms with Crippen LogP contribution in [0, 0.1) is 10.1 Å². The van der Waals surface area contributed by atoms with Crippen molar-refractivity contribution in [2.24, 2.45) is 0 Å². The molecular weight excluding hydrogens is 346 g/mol. The lowest BCUT2D eigenvalue weighted by Gasteiger charge is -2.10. The van der Waals surface area contributed by atoms with Gasteiger partial charge in [0.2, 0.25) is 0 Å². The molecular formula is C16H19N3O5S. The van der Waals surface area contributed by atoms with Gasteiger partial charge in [0.05, 0.1) is 11.5 Å². The molecule has 3 N–H and O–H groups in total. The fraction of sp³-hybridized carbons (Fsp3) is 0.250. The van der Waals surface area contributed by atoms with Crippen LogP contribution in [-0.4, -0.2) is 19.9 Å². The van der Waals surface area contributed by atoms with Crippen molar-refractivity contribution < 1.29 is 17.5 Å². The van der Waals surface area contributed by atoms with Crippen molar-refractivity contribution in [2.75, 3.05) is 17.7 Å². The maximum atomic E-state index is 12.1. The highest BCUT2D eigenvalue weighted by Crippen LogP contribution is 2.31. The third-order valence-electron chi connectivity index (χ3n) is 3.38. The van der Waals surface area contributed by atoms with Gasteiger partial charge in [-0.05, 0) is 42.8 Å². The Balaban J connectivity index is 2.31. The quantitative estimate of drug-likeness (QED) is 0.241. The largest absolute Gasteiger partial charge is 0.399 e. The number of hydrogen-bond donors (Lipinski definition) is 2. The summed E-state index contributed by atoms with van der Waals surface area (Å²) in [4.78, 5) is 10.4. The van der Waals surface area contributed by atoms with E-state index < -0.39 is 15.0 Å². The van der Waals surface area contributed by atoms with Crippen LogP contribution in [0.4, 0.5) is 22.7 Å². The zero-order valence-electron chi connectivity index (χ0n) is 13.6. The fourth-order valence-electron chi connectivity index (χ4n) is 2.03. The number of nitrogens with two attached hydrogens (primary N) is 1.